The molecule has 0 aliphatic rings. The highest BCUT2D eigenvalue weighted by molar-refractivity contribution is 6.31. The summed E-state index contributed by atoms with van der Waals surface area (Å²) in [5, 5.41) is 5.33. The van der Waals surface area contributed by atoms with Crippen molar-refractivity contribution in [1.82, 2.24) is 9.88 Å². The first-order valence-electron chi connectivity index (χ1n) is 7.83. The second-order valence-corrected chi connectivity index (χ2v) is 5.80. The van der Waals surface area contributed by atoms with E-state index in [2.05, 4.69) is 48.1 Å². The number of nitrogens with zero attached hydrogens (tertiary/aromatic N) is 2. The number of nitrogens with one attached hydrogen (secondary N) is 1. The first kappa shape index (κ1) is 16.8. The van der Waals surface area contributed by atoms with Crippen LogP contribution in [0.15, 0.2) is 42.6 Å². The molecule has 1 aromatic carbocycles. The molecule has 1 heterocycles. The lowest BCUT2D eigenvalue weighted by molar-refractivity contribution is 0.337. The second-order valence-electron chi connectivity index (χ2n) is 5.37. The summed E-state index contributed by atoms with van der Waals surface area (Å²) in [6.07, 6.45) is 6.25. The van der Waals surface area contributed by atoms with Crippen LogP contribution in [-0.4, -0.2) is 35.6 Å². The molecule has 3 nitrogen and oxygen atoms in total. The maximum absolute atomic E-state index is 6.03. The van der Waals surface area contributed by atoms with Gasteiger partial charge in [0.15, 0.2) is 0 Å². The van der Waals surface area contributed by atoms with Crippen molar-refractivity contribution < 1.29 is 0 Å². The van der Waals surface area contributed by atoms with Gasteiger partial charge in [0.2, 0.25) is 0 Å². The van der Waals surface area contributed by atoms with E-state index in [1.165, 1.54) is 0 Å². The molecule has 2 rings (SSSR count). The smallest absolute Gasteiger partial charge is 0.0737 e. The number of likely N-dealkylation sites (N-methyl/N-ethyl adjacent to an activating group) is 1. The third kappa shape index (κ3) is 4.46. The van der Waals surface area contributed by atoms with Crippen molar-refractivity contribution >= 4 is 28.2 Å². The molecule has 2 aromatic rings. The predicted molar refractivity (Wildman–Crippen MR) is 96.8 cm³/mol. The van der Waals surface area contributed by atoms with E-state index in [4.69, 9.17) is 11.6 Å². The zero-order valence-corrected chi connectivity index (χ0v) is 14.3. The summed E-state index contributed by atoms with van der Waals surface area (Å²) in [5.41, 5.74) is 2.00. The highest BCUT2D eigenvalue weighted by Crippen LogP contribution is 2.24. The lowest BCUT2D eigenvalue weighted by atomic mass is 10.1. The lowest BCUT2D eigenvalue weighted by Crippen LogP contribution is -2.23. The molecule has 1 atom stereocenters. The van der Waals surface area contributed by atoms with E-state index < -0.39 is 0 Å². The highest BCUT2D eigenvalue weighted by Gasteiger charge is 2.04. The molecule has 1 unspecified atom stereocenters. The molecule has 1 aromatic heterocycles. The quantitative estimate of drug-likeness (QED) is 0.757. The van der Waals surface area contributed by atoms with E-state index in [9.17, 15) is 0 Å². The summed E-state index contributed by atoms with van der Waals surface area (Å²) in [5.74, 6) is 0. The van der Waals surface area contributed by atoms with Crippen LogP contribution in [0.2, 0.25) is 5.02 Å². The second kappa shape index (κ2) is 8.16. The monoisotopic (exact) mass is 317 g/mol. The number of aromatic nitrogens is 1. The van der Waals surface area contributed by atoms with E-state index in [1.54, 1.807) is 0 Å². The first-order chi connectivity index (χ1) is 10.6. The van der Waals surface area contributed by atoms with Crippen LogP contribution < -0.4 is 5.32 Å². The number of anilines is 1. The van der Waals surface area contributed by atoms with Gasteiger partial charge in [-0.15, -0.1) is 0 Å². The normalized spacial score (nSPS) is 13.1. The number of benzene rings is 1. The molecule has 0 amide bonds. The van der Waals surface area contributed by atoms with Gasteiger partial charge in [0.25, 0.3) is 0 Å². The fourth-order valence-corrected chi connectivity index (χ4v) is 2.60. The van der Waals surface area contributed by atoms with E-state index in [1.807, 2.05) is 30.5 Å². The van der Waals surface area contributed by atoms with Crippen molar-refractivity contribution in [2.24, 2.45) is 0 Å². The van der Waals surface area contributed by atoms with Crippen LogP contribution in [0.3, 0.4) is 0 Å². The van der Waals surface area contributed by atoms with Gasteiger partial charge in [-0.3, -0.25) is 4.98 Å². The third-order valence-corrected chi connectivity index (χ3v) is 4.01. The molecule has 1 N–H and O–H groups in total. The Hall–Kier alpha value is -1.58. The van der Waals surface area contributed by atoms with Crippen molar-refractivity contribution in [2.45, 2.75) is 26.8 Å². The van der Waals surface area contributed by atoms with Crippen LogP contribution in [-0.2, 0) is 0 Å². The van der Waals surface area contributed by atoms with Gasteiger partial charge < -0.3 is 10.2 Å². The topological polar surface area (TPSA) is 28.2 Å². The molecule has 4 heteroatoms. The SMILES string of the molecule is CCN(CC)C/C=C/C(C)Nc1ccnc2cc(Cl)ccc12. The van der Waals surface area contributed by atoms with Crippen LogP contribution in [0.1, 0.15) is 20.8 Å². The Kier molecular flexibility index (Phi) is 6.22. The van der Waals surface area contributed by atoms with Crippen LogP contribution in [0.4, 0.5) is 5.69 Å². The average molecular weight is 318 g/mol. The highest BCUT2D eigenvalue weighted by atomic mass is 35.5. The molecule has 22 heavy (non-hydrogen) atoms. The van der Waals surface area contributed by atoms with Gasteiger partial charge in [0, 0.05) is 34.9 Å². The number of hydrogen-bond donors (Lipinski definition) is 1. The van der Waals surface area contributed by atoms with Gasteiger partial charge in [-0.05, 0) is 44.3 Å². The van der Waals surface area contributed by atoms with Crippen LogP contribution in [0.5, 0.6) is 0 Å². The Bertz CT molecular complexity index is 635. The molecule has 0 aliphatic carbocycles. The van der Waals surface area contributed by atoms with E-state index in [0.717, 1.165) is 36.2 Å². The Morgan fingerprint density at radius 2 is 2.05 bits per heavy atom. The maximum atomic E-state index is 6.03. The Balaban J connectivity index is 2.05. The molecule has 118 valence electrons. The number of rotatable bonds is 7. The number of halogens is 1. The molecule has 0 aliphatic heterocycles. The van der Waals surface area contributed by atoms with Gasteiger partial charge in [0.1, 0.15) is 0 Å². The minimum atomic E-state index is 0.261. The standard InChI is InChI=1S/C18H24ClN3/c1-4-22(5-2)12-6-7-14(3)21-17-10-11-20-18-13-15(19)8-9-16(17)18/h6-11,13-14H,4-5,12H2,1-3H3,(H,20,21)/b7-6+. The van der Waals surface area contributed by atoms with Gasteiger partial charge in [-0.1, -0.05) is 37.6 Å². The summed E-state index contributed by atoms with van der Waals surface area (Å²) < 4.78 is 0. The minimum Gasteiger partial charge on any atom is -0.379 e. The molecule has 0 saturated carbocycles. The Labute approximate surface area is 138 Å². The van der Waals surface area contributed by atoms with Crippen LogP contribution in [0, 0.1) is 0 Å². The van der Waals surface area contributed by atoms with Crippen molar-refractivity contribution in [3.05, 3.63) is 47.6 Å². The molecule has 0 fully saturated rings. The largest absolute Gasteiger partial charge is 0.379 e. The van der Waals surface area contributed by atoms with Gasteiger partial charge in [-0.25, -0.2) is 0 Å². The van der Waals surface area contributed by atoms with Gasteiger partial charge in [-0.2, -0.15) is 0 Å². The molecular weight excluding hydrogens is 294 g/mol. The molecular formula is C18H24ClN3. The minimum absolute atomic E-state index is 0.261. The number of fused-ring (bicyclic) bond motifs is 1. The molecule has 0 bridgehead atoms. The van der Waals surface area contributed by atoms with Crippen LogP contribution >= 0.6 is 11.6 Å². The number of hydrogen-bond acceptors (Lipinski definition) is 3. The molecule has 0 spiro atoms. The predicted octanol–water partition coefficient (Wildman–Crippen LogP) is 4.59. The Morgan fingerprint density at radius 1 is 1.27 bits per heavy atom. The zero-order chi connectivity index (χ0) is 15.9. The summed E-state index contributed by atoms with van der Waals surface area (Å²) in [6, 6.07) is 8.07. The Morgan fingerprint density at radius 3 is 2.77 bits per heavy atom. The van der Waals surface area contributed by atoms with E-state index in [0.29, 0.717) is 5.02 Å². The average Bonchev–Trinajstić information content (AvgIpc) is 2.51. The van der Waals surface area contributed by atoms with E-state index >= 15 is 0 Å². The fraction of sp³-hybridized carbons (Fsp3) is 0.389. The summed E-state index contributed by atoms with van der Waals surface area (Å²) in [7, 11) is 0. The van der Waals surface area contributed by atoms with Gasteiger partial charge in [0.05, 0.1) is 5.52 Å². The van der Waals surface area contributed by atoms with Crippen molar-refractivity contribution in [3.63, 3.8) is 0 Å². The lowest BCUT2D eigenvalue weighted by Gasteiger charge is -2.16. The van der Waals surface area contributed by atoms with Gasteiger partial charge >= 0.3 is 0 Å². The third-order valence-electron chi connectivity index (χ3n) is 3.77. The maximum Gasteiger partial charge on any atom is 0.0737 e. The molecule has 0 radical (unpaired) electrons. The van der Waals surface area contributed by atoms with Crippen molar-refractivity contribution in [1.29, 1.82) is 0 Å². The molecule has 0 saturated heterocycles. The zero-order valence-electron chi connectivity index (χ0n) is 13.5. The van der Waals surface area contributed by atoms with Crippen LogP contribution in [0.25, 0.3) is 10.9 Å². The van der Waals surface area contributed by atoms with Crippen molar-refractivity contribution in [3.8, 4) is 0 Å². The van der Waals surface area contributed by atoms with Crippen molar-refractivity contribution in [2.75, 3.05) is 25.0 Å². The van der Waals surface area contributed by atoms with E-state index in [-0.39, 0.29) is 6.04 Å². The summed E-state index contributed by atoms with van der Waals surface area (Å²) in [4.78, 5) is 6.75. The fourth-order valence-electron chi connectivity index (χ4n) is 2.44. The summed E-state index contributed by atoms with van der Waals surface area (Å²) >= 11 is 6.03. The first-order valence-corrected chi connectivity index (χ1v) is 8.21. The summed E-state index contributed by atoms with van der Waals surface area (Å²) in [6.45, 7) is 9.68. The number of pyridine rings is 1.